The summed E-state index contributed by atoms with van der Waals surface area (Å²) in [6.07, 6.45) is 7.63. The molecule has 2 aromatic carbocycles. The summed E-state index contributed by atoms with van der Waals surface area (Å²) in [5.41, 5.74) is 13.4. The van der Waals surface area contributed by atoms with Crippen LogP contribution < -0.4 is 20.9 Å². The number of aromatic nitrogens is 4. The van der Waals surface area contributed by atoms with Gasteiger partial charge in [-0.15, -0.1) is 10.2 Å². The number of likely N-dealkylation sites (tertiary alicyclic amines) is 2. The minimum absolute atomic E-state index is 0.0773. The minimum atomic E-state index is -1.11. The maximum absolute atomic E-state index is 15.9. The van der Waals surface area contributed by atoms with Gasteiger partial charge in [-0.25, -0.2) is 14.2 Å². The third-order valence-corrected chi connectivity index (χ3v) is 13.7. The number of halogens is 1. The van der Waals surface area contributed by atoms with Crippen LogP contribution in [0.15, 0.2) is 67.0 Å². The molecule has 3 atom stereocenters. The van der Waals surface area contributed by atoms with Crippen molar-refractivity contribution in [1.82, 2.24) is 34.9 Å². The molecular weight excluding hydrogens is 804 g/mol. The van der Waals surface area contributed by atoms with Gasteiger partial charge in [-0.3, -0.25) is 19.8 Å². The molecule has 10 rings (SSSR count). The van der Waals surface area contributed by atoms with E-state index < -0.39 is 12.2 Å². The van der Waals surface area contributed by atoms with Crippen molar-refractivity contribution in [3.63, 3.8) is 0 Å². The Labute approximate surface area is 365 Å². The molecular formula is C47H53FN10O5. The number of para-hydroxylation sites is 1. The lowest BCUT2D eigenvalue weighted by molar-refractivity contribution is -0.120. The number of rotatable bonds is 9. The summed E-state index contributed by atoms with van der Waals surface area (Å²) in [6, 6.07) is 16.4. The number of fused-ring (bicyclic) bond motifs is 1. The number of amides is 4. The number of hydrogen-bond donors (Lipinski definition) is 3. The van der Waals surface area contributed by atoms with Crippen molar-refractivity contribution in [2.75, 3.05) is 74.5 Å². The second-order valence-corrected chi connectivity index (χ2v) is 17.8. The van der Waals surface area contributed by atoms with E-state index in [0.717, 1.165) is 60.9 Å². The Morgan fingerprint density at radius 2 is 1.78 bits per heavy atom. The highest BCUT2D eigenvalue weighted by molar-refractivity contribution is 6.06. The monoisotopic (exact) mass is 856 g/mol. The fourth-order valence-electron chi connectivity index (χ4n) is 10.0. The second-order valence-electron chi connectivity index (χ2n) is 17.8. The second kappa shape index (κ2) is 16.9. The number of piperidine rings is 2. The molecule has 5 fully saturated rings. The quantitative estimate of drug-likeness (QED) is 0.156. The Hall–Kier alpha value is -6.13. The summed E-state index contributed by atoms with van der Waals surface area (Å²) in [4.78, 5) is 50.7. The number of phenols is 1. The summed E-state index contributed by atoms with van der Waals surface area (Å²) in [5, 5.41) is 22.3. The average molecular weight is 857 g/mol. The summed E-state index contributed by atoms with van der Waals surface area (Å²) in [7, 11) is 0. The Bertz CT molecular complexity index is 2570. The van der Waals surface area contributed by atoms with Gasteiger partial charge >= 0.3 is 6.03 Å². The highest BCUT2D eigenvalue weighted by atomic mass is 19.1. The number of hydrogen-bond acceptors (Lipinski definition) is 11. The van der Waals surface area contributed by atoms with Crippen LogP contribution >= 0.6 is 0 Å². The number of aryl methyl sites for hydroxylation is 1. The van der Waals surface area contributed by atoms with Gasteiger partial charge in [0.25, 0.3) is 5.91 Å². The molecule has 1 aliphatic carbocycles. The topological polar surface area (TPSA) is 175 Å². The average Bonchev–Trinajstić information content (AvgIpc) is 4.07. The number of carbonyl (C=O) groups excluding carboxylic acids is 3. The van der Waals surface area contributed by atoms with Crippen molar-refractivity contribution in [2.24, 2.45) is 5.92 Å². The number of ether oxygens (including phenoxy) is 1. The Morgan fingerprint density at radius 3 is 2.54 bits per heavy atom. The van der Waals surface area contributed by atoms with Crippen LogP contribution in [0.3, 0.4) is 0 Å². The molecule has 328 valence electrons. The number of morpholine rings is 1. The standard InChI is InChI=1S/C47H53FN10O5/c1-28-20-30(8-9-34(28)42-27-55(18-19-63-42)40-22-39(52-53-44(40)49)35-4-2-3-5-41(35)59)46(61)56-16-10-31(38(48)26-56)24-54-14-11-32(12-15-54)58-25-37(29-6-7-29)36-21-33(23-50-45(36)58)57-17-13-43(60)51-47(57)62/h2-5,8-9,20-23,25,29,31-32,38,42,59H,6-7,10-19,24,26-27H2,1H3,(H2,49,53)(H,51,60,62)/t31-,38+,42+/m1/s1. The number of urea groups is 1. The van der Waals surface area contributed by atoms with Crippen molar-refractivity contribution >= 4 is 46.1 Å². The Balaban J connectivity index is 0.738. The van der Waals surface area contributed by atoms with Gasteiger partial charge in [0, 0.05) is 86.9 Å². The van der Waals surface area contributed by atoms with Crippen LogP contribution in [0.1, 0.15) is 83.6 Å². The minimum Gasteiger partial charge on any atom is -0.507 e. The number of nitrogens with two attached hydrogens (primary N) is 1. The Kier molecular flexibility index (Phi) is 11.0. The van der Waals surface area contributed by atoms with E-state index in [4.69, 9.17) is 15.5 Å². The van der Waals surface area contributed by atoms with Gasteiger partial charge in [0.15, 0.2) is 5.82 Å². The molecule has 63 heavy (non-hydrogen) atoms. The molecule has 5 aliphatic rings. The number of nitrogen functional groups attached to an aromatic ring is 1. The molecule has 4 saturated heterocycles. The lowest BCUT2D eigenvalue weighted by Crippen LogP contribution is -2.49. The maximum Gasteiger partial charge on any atom is 0.328 e. The van der Waals surface area contributed by atoms with Crippen LogP contribution in [-0.4, -0.2) is 118 Å². The van der Waals surface area contributed by atoms with E-state index in [1.807, 2.05) is 37.3 Å². The zero-order valence-corrected chi connectivity index (χ0v) is 35.5. The largest absolute Gasteiger partial charge is 0.507 e. The summed E-state index contributed by atoms with van der Waals surface area (Å²) in [6.45, 7) is 6.84. The van der Waals surface area contributed by atoms with Gasteiger partial charge in [0.2, 0.25) is 5.91 Å². The van der Waals surface area contributed by atoms with Crippen molar-refractivity contribution < 1.29 is 28.6 Å². The zero-order valence-electron chi connectivity index (χ0n) is 35.5. The van der Waals surface area contributed by atoms with E-state index in [2.05, 4.69) is 42.1 Å². The van der Waals surface area contributed by atoms with Gasteiger partial charge in [0.05, 0.1) is 36.4 Å². The highest BCUT2D eigenvalue weighted by Crippen LogP contribution is 2.45. The van der Waals surface area contributed by atoms with Crippen molar-refractivity contribution in [3.8, 4) is 17.0 Å². The maximum atomic E-state index is 15.9. The lowest BCUT2D eigenvalue weighted by atomic mass is 9.92. The van der Waals surface area contributed by atoms with E-state index in [1.54, 1.807) is 34.2 Å². The molecule has 0 unspecified atom stereocenters. The molecule has 5 aromatic rings. The molecule has 4 N–H and O–H groups in total. The third-order valence-electron chi connectivity index (χ3n) is 13.7. The smallest absolute Gasteiger partial charge is 0.328 e. The molecule has 0 bridgehead atoms. The number of aromatic hydroxyl groups is 1. The predicted molar refractivity (Wildman–Crippen MR) is 236 cm³/mol. The predicted octanol–water partition coefficient (Wildman–Crippen LogP) is 6.13. The number of nitrogens with one attached hydrogen (secondary N) is 1. The number of imide groups is 1. The van der Waals surface area contributed by atoms with Crippen LogP contribution in [0.4, 0.5) is 26.4 Å². The summed E-state index contributed by atoms with van der Waals surface area (Å²) >= 11 is 0. The van der Waals surface area contributed by atoms with Gasteiger partial charge in [0.1, 0.15) is 23.7 Å². The number of carbonyl (C=O) groups is 3. The lowest BCUT2D eigenvalue weighted by Gasteiger charge is -2.39. The van der Waals surface area contributed by atoms with Crippen LogP contribution in [-0.2, 0) is 9.53 Å². The fraction of sp³-hybridized carbons (Fsp3) is 0.447. The number of alkyl halides is 1. The third kappa shape index (κ3) is 8.17. The number of phenolic OH excluding ortho intramolecular Hbond substituents is 1. The number of nitrogens with zero attached hydrogens (tertiary/aromatic N) is 8. The number of benzene rings is 2. The van der Waals surface area contributed by atoms with E-state index >= 15 is 4.39 Å². The normalized spacial score (nSPS) is 22.8. The molecule has 3 aromatic heterocycles. The Morgan fingerprint density at radius 1 is 0.952 bits per heavy atom. The molecule has 0 radical (unpaired) electrons. The van der Waals surface area contributed by atoms with Crippen LogP contribution in [0.25, 0.3) is 22.3 Å². The first kappa shape index (κ1) is 40.9. The van der Waals surface area contributed by atoms with E-state index in [-0.39, 0.29) is 54.4 Å². The molecule has 4 amide bonds. The van der Waals surface area contributed by atoms with Gasteiger partial charge in [-0.2, -0.15) is 0 Å². The van der Waals surface area contributed by atoms with E-state index in [1.165, 1.54) is 5.56 Å². The SMILES string of the molecule is Cc1cc(C(=O)N2CC[C@H](CN3CCC(n4cc(C5CC5)c5cc(N6CCC(=O)NC6=O)cnc54)CC3)[C@@H](F)C2)ccc1[C@@H]1CN(c2cc(-c3ccccc3O)nnc2N)CCO1. The van der Waals surface area contributed by atoms with Gasteiger partial charge < -0.3 is 34.8 Å². The first-order valence-electron chi connectivity index (χ1n) is 22.2. The van der Waals surface area contributed by atoms with E-state index in [9.17, 15) is 19.5 Å². The van der Waals surface area contributed by atoms with Crippen LogP contribution in [0.2, 0.25) is 0 Å². The van der Waals surface area contributed by atoms with Crippen LogP contribution in [0, 0.1) is 12.8 Å². The fourth-order valence-corrected chi connectivity index (χ4v) is 10.0. The molecule has 16 heteroatoms. The van der Waals surface area contributed by atoms with Crippen LogP contribution in [0.5, 0.6) is 5.75 Å². The summed E-state index contributed by atoms with van der Waals surface area (Å²) < 4.78 is 24.5. The molecule has 1 saturated carbocycles. The van der Waals surface area contributed by atoms with Crippen molar-refractivity contribution in [1.29, 1.82) is 0 Å². The molecule has 4 aliphatic heterocycles. The van der Waals surface area contributed by atoms with E-state index in [0.29, 0.717) is 79.9 Å². The molecule has 15 nitrogen and oxygen atoms in total. The summed E-state index contributed by atoms with van der Waals surface area (Å²) in [5.74, 6) is 0.339. The molecule has 0 spiro atoms. The first-order valence-corrected chi connectivity index (χ1v) is 22.2. The first-order chi connectivity index (χ1) is 30.6. The van der Waals surface area contributed by atoms with Gasteiger partial charge in [-0.1, -0.05) is 18.2 Å². The van der Waals surface area contributed by atoms with Crippen molar-refractivity contribution in [3.05, 3.63) is 89.2 Å². The molecule has 7 heterocycles. The zero-order chi connectivity index (χ0) is 43.4. The van der Waals surface area contributed by atoms with Crippen molar-refractivity contribution in [2.45, 2.75) is 69.7 Å². The highest BCUT2D eigenvalue weighted by Gasteiger charge is 2.36. The number of pyridine rings is 1. The van der Waals surface area contributed by atoms with Gasteiger partial charge in [-0.05, 0) is 98.0 Å². The number of anilines is 3.